The summed E-state index contributed by atoms with van der Waals surface area (Å²) in [5.74, 6) is 1.42. The molecule has 1 atom stereocenters. The molecule has 0 aromatic heterocycles. The summed E-state index contributed by atoms with van der Waals surface area (Å²) in [4.78, 5) is 6.53. The van der Waals surface area contributed by atoms with Crippen LogP contribution in [0.4, 0.5) is 0 Å². The SMILES string of the molecule is CC(C)CC(C)N(C)C(N)=NC1CC1. The molecule has 0 aromatic rings. The second-order valence-corrected chi connectivity index (χ2v) is 4.81. The normalized spacial score (nSPS) is 19.9. The Bertz CT molecular complexity index is 207. The van der Waals surface area contributed by atoms with Gasteiger partial charge in [-0.2, -0.15) is 0 Å². The maximum absolute atomic E-state index is 5.91. The quantitative estimate of drug-likeness (QED) is 0.552. The van der Waals surface area contributed by atoms with Crippen LogP contribution in [0.5, 0.6) is 0 Å². The molecule has 1 aliphatic carbocycles. The molecule has 1 unspecified atom stereocenters. The van der Waals surface area contributed by atoms with Crippen LogP contribution in [-0.2, 0) is 0 Å². The molecule has 1 saturated carbocycles. The first-order valence-electron chi connectivity index (χ1n) is 5.56. The monoisotopic (exact) mass is 197 g/mol. The molecule has 82 valence electrons. The maximum Gasteiger partial charge on any atom is 0.191 e. The Labute approximate surface area is 87.4 Å². The summed E-state index contributed by atoms with van der Waals surface area (Å²) in [7, 11) is 2.04. The van der Waals surface area contributed by atoms with Crippen LogP contribution >= 0.6 is 0 Å². The largest absolute Gasteiger partial charge is 0.370 e. The highest BCUT2D eigenvalue weighted by Crippen LogP contribution is 2.23. The summed E-state index contributed by atoms with van der Waals surface area (Å²) >= 11 is 0. The molecule has 0 aromatic carbocycles. The van der Waals surface area contributed by atoms with Crippen LogP contribution in [-0.4, -0.2) is 30.0 Å². The van der Waals surface area contributed by atoms with E-state index in [1.54, 1.807) is 0 Å². The summed E-state index contributed by atoms with van der Waals surface area (Å²) in [6.45, 7) is 6.67. The van der Waals surface area contributed by atoms with Gasteiger partial charge in [-0.25, -0.2) is 4.99 Å². The highest BCUT2D eigenvalue weighted by atomic mass is 15.3. The van der Waals surface area contributed by atoms with Gasteiger partial charge in [0.1, 0.15) is 0 Å². The summed E-state index contributed by atoms with van der Waals surface area (Å²) < 4.78 is 0. The van der Waals surface area contributed by atoms with E-state index in [9.17, 15) is 0 Å². The first-order chi connectivity index (χ1) is 6.50. The predicted molar refractivity (Wildman–Crippen MR) is 61.3 cm³/mol. The molecule has 0 radical (unpaired) electrons. The van der Waals surface area contributed by atoms with Crippen LogP contribution in [0.15, 0.2) is 4.99 Å². The van der Waals surface area contributed by atoms with Crippen molar-refractivity contribution in [3.63, 3.8) is 0 Å². The Morgan fingerprint density at radius 2 is 2.00 bits per heavy atom. The van der Waals surface area contributed by atoms with Gasteiger partial charge >= 0.3 is 0 Å². The second-order valence-electron chi connectivity index (χ2n) is 4.81. The molecular formula is C11H23N3. The zero-order valence-corrected chi connectivity index (χ0v) is 9.83. The lowest BCUT2D eigenvalue weighted by Gasteiger charge is -2.27. The predicted octanol–water partition coefficient (Wildman–Crippen LogP) is 1.83. The van der Waals surface area contributed by atoms with Crippen molar-refractivity contribution in [1.29, 1.82) is 0 Å². The van der Waals surface area contributed by atoms with E-state index < -0.39 is 0 Å². The molecule has 0 bridgehead atoms. The number of nitrogens with two attached hydrogens (primary N) is 1. The summed E-state index contributed by atoms with van der Waals surface area (Å²) in [5.41, 5.74) is 5.91. The van der Waals surface area contributed by atoms with Crippen molar-refractivity contribution in [2.24, 2.45) is 16.6 Å². The number of aliphatic imine (C=N–C) groups is 1. The Hall–Kier alpha value is -0.730. The van der Waals surface area contributed by atoms with E-state index in [-0.39, 0.29) is 0 Å². The smallest absolute Gasteiger partial charge is 0.191 e. The van der Waals surface area contributed by atoms with Crippen LogP contribution in [0, 0.1) is 5.92 Å². The lowest BCUT2D eigenvalue weighted by Crippen LogP contribution is -2.41. The minimum atomic E-state index is 0.484. The topological polar surface area (TPSA) is 41.6 Å². The molecule has 3 nitrogen and oxygen atoms in total. The molecule has 0 saturated heterocycles. The van der Waals surface area contributed by atoms with E-state index in [1.165, 1.54) is 12.8 Å². The fourth-order valence-corrected chi connectivity index (χ4v) is 1.55. The minimum absolute atomic E-state index is 0.484. The van der Waals surface area contributed by atoms with Crippen LogP contribution in [0.1, 0.15) is 40.0 Å². The number of hydrogen-bond donors (Lipinski definition) is 1. The van der Waals surface area contributed by atoms with E-state index in [4.69, 9.17) is 5.73 Å². The number of hydrogen-bond acceptors (Lipinski definition) is 1. The molecule has 0 heterocycles. The molecule has 14 heavy (non-hydrogen) atoms. The van der Waals surface area contributed by atoms with Crippen LogP contribution < -0.4 is 5.73 Å². The lowest BCUT2D eigenvalue weighted by atomic mass is 10.0. The van der Waals surface area contributed by atoms with Gasteiger partial charge in [-0.3, -0.25) is 0 Å². The van der Waals surface area contributed by atoms with Gasteiger partial charge in [-0.05, 0) is 32.1 Å². The van der Waals surface area contributed by atoms with E-state index >= 15 is 0 Å². The Morgan fingerprint density at radius 1 is 1.43 bits per heavy atom. The third-order valence-electron chi connectivity index (χ3n) is 2.70. The van der Waals surface area contributed by atoms with Crippen LogP contribution in [0.3, 0.4) is 0 Å². The highest BCUT2D eigenvalue weighted by Gasteiger charge is 2.22. The molecule has 1 fully saturated rings. The van der Waals surface area contributed by atoms with Gasteiger partial charge in [0.15, 0.2) is 5.96 Å². The first kappa shape index (κ1) is 11.3. The van der Waals surface area contributed by atoms with Crippen molar-refractivity contribution in [3.8, 4) is 0 Å². The minimum Gasteiger partial charge on any atom is -0.370 e. The summed E-state index contributed by atoms with van der Waals surface area (Å²) in [6, 6.07) is 1.00. The number of guanidine groups is 1. The van der Waals surface area contributed by atoms with Gasteiger partial charge in [0.05, 0.1) is 6.04 Å². The molecule has 0 spiro atoms. The van der Waals surface area contributed by atoms with Gasteiger partial charge in [0.2, 0.25) is 0 Å². The van der Waals surface area contributed by atoms with Gasteiger partial charge < -0.3 is 10.6 Å². The van der Waals surface area contributed by atoms with E-state index in [0.717, 1.165) is 6.42 Å². The van der Waals surface area contributed by atoms with E-state index in [2.05, 4.69) is 30.7 Å². The zero-order chi connectivity index (χ0) is 10.7. The number of nitrogens with zero attached hydrogens (tertiary/aromatic N) is 2. The second kappa shape index (κ2) is 4.67. The zero-order valence-electron chi connectivity index (χ0n) is 9.83. The Kier molecular flexibility index (Phi) is 3.78. The fourth-order valence-electron chi connectivity index (χ4n) is 1.55. The summed E-state index contributed by atoms with van der Waals surface area (Å²) in [5, 5.41) is 0. The van der Waals surface area contributed by atoms with Crippen molar-refractivity contribution in [1.82, 2.24) is 4.90 Å². The van der Waals surface area contributed by atoms with Crippen LogP contribution in [0.25, 0.3) is 0 Å². The molecule has 3 heteroatoms. The van der Waals surface area contributed by atoms with Crippen molar-refractivity contribution < 1.29 is 0 Å². The molecule has 0 amide bonds. The van der Waals surface area contributed by atoms with E-state index in [1.807, 2.05) is 7.05 Å². The van der Waals surface area contributed by atoms with Crippen LogP contribution in [0.2, 0.25) is 0 Å². The Morgan fingerprint density at radius 3 is 2.43 bits per heavy atom. The van der Waals surface area contributed by atoms with E-state index in [0.29, 0.717) is 24.0 Å². The molecular weight excluding hydrogens is 174 g/mol. The fraction of sp³-hybridized carbons (Fsp3) is 0.909. The van der Waals surface area contributed by atoms with Gasteiger partial charge in [0, 0.05) is 13.1 Å². The van der Waals surface area contributed by atoms with Crippen molar-refractivity contribution in [2.45, 2.75) is 52.1 Å². The van der Waals surface area contributed by atoms with Gasteiger partial charge in [-0.15, -0.1) is 0 Å². The molecule has 1 rings (SSSR count). The molecule has 1 aliphatic rings. The lowest BCUT2D eigenvalue weighted by molar-refractivity contribution is 0.329. The maximum atomic E-state index is 5.91. The standard InChI is InChI=1S/C11H23N3/c1-8(2)7-9(3)14(4)11(12)13-10-5-6-10/h8-10H,5-7H2,1-4H3,(H2,12,13). The van der Waals surface area contributed by atoms with Crippen molar-refractivity contribution >= 4 is 5.96 Å². The average Bonchev–Trinajstić information content (AvgIpc) is 2.85. The third-order valence-corrected chi connectivity index (χ3v) is 2.70. The van der Waals surface area contributed by atoms with Crippen molar-refractivity contribution in [3.05, 3.63) is 0 Å². The van der Waals surface area contributed by atoms with Crippen molar-refractivity contribution in [2.75, 3.05) is 7.05 Å². The molecule has 0 aliphatic heterocycles. The average molecular weight is 197 g/mol. The molecule has 2 N–H and O–H groups in total. The first-order valence-corrected chi connectivity index (χ1v) is 5.56. The van der Waals surface area contributed by atoms with Gasteiger partial charge in [0.25, 0.3) is 0 Å². The van der Waals surface area contributed by atoms with Gasteiger partial charge in [-0.1, -0.05) is 13.8 Å². The summed E-state index contributed by atoms with van der Waals surface area (Å²) in [6.07, 6.45) is 3.59. The number of rotatable bonds is 4. The third kappa shape index (κ3) is 3.56. The Balaban J connectivity index is 2.41. The highest BCUT2D eigenvalue weighted by molar-refractivity contribution is 5.78.